The number of allylic oxidation sites excluding steroid dienone is 1. The van der Waals surface area contributed by atoms with Gasteiger partial charge in [0, 0.05) is 23.3 Å². The van der Waals surface area contributed by atoms with Gasteiger partial charge in [0.15, 0.2) is 5.78 Å². The maximum absolute atomic E-state index is 14.8. The lowest BCUT2D eigenvalue weighted by Crippen LogP contribution is -2.45. The van der Waals surface area contributed by atoms with Crippen LogP contribution in [0.25, 0.3) is 18.2 Å². The molecule has 0 heterocycles. The number of carbonyl (C=O) groups excluding carboxylic acids is 3. The van der Waals surface area contributed by atoms with Crippen LogP contribution in [0.2, 0.25) is 0 Å². The van der Waals surface area contributed by atoms with E-state index in [-0.39, 0.29) is 57.6 Å². The Morgan fingerprint density at radius 3 is 1.44 bits per heavy atom. The van der Waals surface area contributed by atoms with E-state index in [9.17, 15) is 42.7 Å². The second-order valence-corrected chi connectivity index (χ2v) is 14.6. The van der Waals surface area contributed by atoms with Gasteiger partial charge in [-0.2, -0.15) is 0 Å². The Balaban J connectivity index is 0.000000203. The Morgan fingerprint density at radius 2 is 0.969 bits per heavy atom. The minimum absolute atomic E-state index is 0.0349. The van der Waals surface area contributed by atoms with Crippen LogP contribution < -0.4 is 4.74 Å². The lowest BCUT2D eigenvalue weighted by atomic mass is 9.50. The van der Waals surface area contributed by atoms with Crippen molar-refractivity contribution >= 4 is 54.2 Å². The standard InChI is InChI=1S/C26H21FO5.C15H11FO2.C11H10O3/c1-15(29)22-23(16-6-8-18(9-7-16)26(30)31)24(17-10-12-19(13-11-17)32-14-28)25(22)20-4-2-3-5-21(20)27;16-14-4-2-1-3-12(14)8-5-11-6-9-13(10-7-11)15(17)18;1-8(12)2-3-9-4-6-10(7-5-9)11(13)14/h2-14,22-25H,1H3,(H,30,31);1-10H,(H,17,18);2-7H,1H3,(H,13,14)/b;8-5+;3-2+/t22-,23-,24-,25?;;/m0../s1. The molecule has 10 nitrogen and oxygen atoms in total. The van der Waals surface area contributed by atoms with E-state index >= 15 is 0 Å². The zero-order chi connectivity index (χ0) is 46.3. The molecule has 12 heteroatoms. The summed E-state index contributed by atoms with van der Waals surface area (Å²) in [5, 5.41) is 26.6. The van der Waals surface area contributed by atoms with Crippen LogP contribution in [0.3, 0.4) is 0 Å². The summed E-state index contributed by atoms with van der Waals surface area (Å²) in [6.45, 7) is 3.32. The number of carbonyl (C=O) groups is 6. The normalized spacial score (nSPS) is 16.2. The molecular formula is C52H42F2O10. The van der Waals surface area contributed by atoms with Crippen LogP contribution in [0.5, 0.6) is 5.75 Å². The van der Waals surface area contributed by atoms with E-state index in [4.69, 9.17) is 14.9 Å². The molecule has 3 N–H and O–H groups in total. The first-order chi connectivity index (χ1) is 30.7. The summed E-state index contributed by atoms with van der Waals surface area (Å²) >= 11 is 0. The molecule has 0 aromatic heterocycles. The smallest absolute Gasteiger partial charge is 0.335 e. The van der Waals surface area contributed by atoms with Crippen LogP contribution in [0.4, 0.5) is 8.78 Å². The fraction of sp³-hybridized carbons (Fsp3) is 0.115. The van der Waals surface area contributed by atoms with Crippen molar-refractivity contribution in [2.24, 2.45) is 5.92 Å². The van der Waals surface area contributed by atoms with Crippen molar-refractivity contribution in [1.82, 2.24) is 0 Å². The van der Waals surface area contributed by atoms with Gasteiger partial charge in [-0.25, -0.2) is 23.2 Å². The number of hydrogen-bond donors (Lipinski definition) is 3. The van der Waals surface area contributed by atoms with Crippen LogP contribution >= 0.6 is 0 Å². The van der Waals surface area contributed by atoms with Gasteiger partial charge in [0.25, 0.3) is 6.47 Å². The first kappa shape index (κ1) is 46.9. The molecule has 1 saturated carbocycles. The lowest BCUT2D eigenvalue weighted by Gasteiger charge is -2.52. The molecule has 64 heavy (non-hydrogen) atoms. The van der Waals surface area contributed by atoms with Crippen LogP contribution in [-0.2, 0) is 14.4 Å². The topological polar surface area (TPSA) is 172 Å². The average Bonchev–Trinajstić information content (AvgIpc) is 3.27. The van der Waals surface area contributed by atoms with Crippen LogP contribution in [0, 0.1) is 17.6 Å². The summed E-state index contributed by atoms with van der Waals surface area (Å²) in [6, 6.07) is 39.1. The SMILES string of the molecule is CC(=O)/C=C/c1ccc(C(=O)O)cc1.CC(=O)[C@@H]1C(c2ccccc2F)[C@@H](c2ccc(OC=O)cc2)[C@H]1c1ccc(C(=O)O)cc1.O=C(O)c1ccc(/C=C/c2ccccc2F)cc1. The van der Waals surface area contributed by atoms with Crippen molar-refractivity contribution < 1.29 is 57.6 Å². The largest absolute Gasteiger partial charge is 0.478 e. The Hall–Kier alpha value is -8.12. The highest BCUT2D eigenvalue weighted by Crippen LogP contribution is 2.63. The van der Waals surface area contributed by atoms with E-state index in [0.717, 1.165) is 22.3 Å². The van der Waals surface area contributed by atoms with Crippen molar-refractivity contribution in [2.45, 2.75) is 31.6 Å². The van der Waals surface area contributed by atoms with Crippen molar-refractivity contribution in [1.29, 1.82) is 0 Å². The van der Waals surface area contributed by atoms with Gasteiger partial charge < -0.3 is 20.1 Å². The highest BCUT2D eigenvalue weighted by Gasteiger charge is 2.54. The maximum atomic E-state index is 14.8. The minimum atomic E-state index is -1.03. The summed E-state index contributed by atoms with van der Waals surface area (Å²) in [6.07, 6.45) is 6.49. The van der Waals surface area contributed by atoms with Crippen LogP contribution in [-0.4, -0.2) is 51.3 Å². The third-order valence-corrected chi connectivity index (χ3v) is 10.5. The highest BCUT2D eigenvalue weighted by molar-refractivity contribution is 5.92. The molecule has 1 aliphatic carbocycles. The number of halogens is 2. The van der Waals surface area contributed by atoms with E-state index in [1.165, 1.54) is 68.5 Å². The van der Waals surface area contributed by atoms with Gasteiger partial charge in [-0.05, 0) is 114 Å². The summed E-state index contributed by atoms with van der Waals surface area (Å²) in [7, 11) is 0. The van der Waals surface area contributed by atoms with Gasteiger partial charge >= 0.3 is 17.9 Å². The fourth-order valence-electron chi connectivity index (χ4n) is 7.37. The molecule has 4 atom stereocenters. The molecule has 1 fully saturated rings. The Kier molecular flexibility index (Phi) is 16.2. The monoisotopic (exact) mass is 864 g/mol. The predicted octanol–water partition coefficient (Wildman–Crippen LogP) is 10.6. The number of ketones is 2. The van der Waals surface area contributed by atoms with Gasteiger partial charge in [0.1, 0.15) is 23.2 Å². The molecule has 324 valence electrons. The number of carboxylic acids is 3. The van der Waals surface area contributed by atoms with Crippen molar-refractivity contribution in [3.63, 3.8) is 0 Å². The third-order valence-electron chi connectivity index (χ3n) is 10.5. The Morgan fingerprint density at radius 1 is 0.516 bits per heavy atom. The molecule has 0 radical (unpaired) electrons. The average molecular weight is 865 g/mol. The Labute approximate surface area is 367 Å². The van der Waals surface area contributed by atoms with E-state index in [1.807, 2.05) is 12.1 Å². The van der Waals surface area contributed by atoms with E-state index in [0.29, 0.717) is 23.3 Å². The zero-order valence-electron chi connectivity index (χ0n) is 34.5. The molecule has 6 aromatic rings. The molecule has 0 amide bonds. The number of rotatable bonds is 13. The van der Waals surface area contributed by atoms with Gasteiger partial charge in [-0.15, -0.1) is 0 Å². The molecule has 1 unspecified atom stereocenters. The molecule has 1 aliphatic rings. The lowest BCUT2D eigenvalue weighted by molar-refractivity contribution is -0.126. The number of carboxylic acid groups (broad SMARTS) is 3. The second-order valence-electron chi connectivity index (χ2n) is 14.6. The molecule has 0 spiro atoms. The summed E-state index contributed by atoms with van der Waals surface area (Å²) in [5.74, 6) is -4.60. The third kappa shape index (κ3) is 12.3. The second kappa shape index (κ2) is 22.1. The number of hydrogen-bond acceptors (Lipinski definition) is 7. The molecule has 7 rings (SSSR count). The molecule has 6 aromatic carbocycles. The predicted molar refractivity (Wildman–Crippen MR) is 237 cm³/mol. The van der Waals surface area contributed by atoms with E-state index < -0.39 is 23.8 Å². The van der Waals surface area contributed by atoms with Crippen molar-refractivity contribution in [2.75, 3.05) is 0 Å². The van der Waals surface area contributed by atoms with E-state index in [2.05, 4.69) is 0 Å². The number of ether oxygens (including phenoxy) is 1. The molecule has 0 bridgehead atoms. The first-order valence-electron chi connectivity index (χ1n) is 19.7. The fourth-order valence-corrected chi connectivity index (χ4v) is 7.37. The minimum Gasteiger partial charge on any atom is -0.478 e. The number of aromatic carboxylic acids is 3. The molecular weight excluding hydrogens is 823 g/mol. The van der Waals surface area contributed by atoms with Crippen molar-refractivity contribution in [3.05, 3.63) is 213 Å². The van der Waals surface area contributed by atoms with Gasteiger partial charge in [-0.1, -0.05) is 103 Å². The summed E-state index contributed by atoms with van der Waals surface area (Å²) < 4.78 is 33.0. The first-order valence-corrected chi connectivity index (χ1v) is 19.7. The van der Waals surface area contributed by atoms with Crippen LogP contribution in [0.1, 0.15) is 96.1 Å². The van der Waals surface area contributed by atoms with Gasteiger partial charge in [0.05, 0.1) is 16.7 Å². The summed E-state index contributed by atoms with van der Waals surface area (Å²) in [5.41, 5.74) is 4.94. The van der Waals surface area contributed by atoms with Gasteiger partial charge in [0.2, 0.25) is 0 Å². The van der Waals surface area contributed by atoms with E-state index in [1.54, 1.807) is 103 Å². The molecule has 0 aliphatic heterocycles. The zero-order valence-corrected chi connectivity index (χ0v) is 34.5. The number of benzene rings is 6. The van der Waals surface area contributed by atoms with Crippen LogP contribution in [0.15, 0.2) is 152 Å². The maximum Gasteiger partial charge on any atom is 0.335 e. The van der Waals surface area contributed by atoms with Crippen molar-refractivity contribution in [3.8, 4) is 5.75 Å². The van der Waals surface area contributed by atoms with Gasteiger partial charge in [-0.3, -0.25) is 14.4 Å². The quantitative estimate of drug-likeness (QED) is 0.0576. The Bertz CT molecular complexity index is 2670. The molecule has 0 saturated heterocycles. The number of Topliss-reactive ketones (excluding diaryl/α,β-unsaturated/α-hetero) is 1. The highest BCUT2D eigenvalue weighted by atomic mass is 19.1. The summed E-state index contributed by atoms with van der Waals surface area (Å²) in [4.78, 5) is 66.4.